The van der Waals surface area contributed by atoms with E-state index in [4.69, 9.17) is 0 Å². The van der Waals surface area contributed by atoms with Crippen molar-refractivity contribution in [3.8, 4) is 0 Å². The number of nitrogens with zero attached hydrogens (tertiary/aromatic N) is 2. The molecule has 0 aromatic carbocycles. The molecule has 0 saturated heterocycles. The molecule has 0 aliphatic carbocycles. The van der Waals surface area contributed by atoms with Crippen LogP contribution in [0.15, 0.2) is 18.7 Å². The Morgan fingerprint density at radius 2 is 2.07 bits per heavy atom. The van der Waals surface area contributed by atoms with Gasteiger partial charge in [-0.2, -0.15) is 0 Å². The van der Waals surface area contributed by atoms with Crippen molar-refractivity contribution in [3.05, 3.63) is 24.3 Å². The average molecular weight is 195 g/mol. The van der Waals surface area contributed by atoms with Crippen LogP contribution in [0, 0.1) is 0 Å². The molecule has 0 atom stereocenters. The normalized spacial score (nSPS) is 11.1. The van der Waals surface area contributed by atoms with Crippen LogP contribution in [-0.4, -0.2) is 33.1 Å². The highest BCUT2D eigenvalue weighted by molar-refractivity contribution is 5.93. The van der Waals surface area contributed by atoms with Crippen molar-refractivity contribution in [2.75, 3.05) is 6.54 Å². The fourth-order valence-electron chi connectivity index (χ4n) is 0.815. The molecule has 5 nitrogen and oxygen atoms in total. The first-order valence-electron chi connectivity index (χ1n) is 4.24. The topological polar surface area (TPSA) is 75.1 Å². The molecule has 0 radical (unpaired) electrons. The molecule has 1 rings (SSSR count). The zero-order valence-electron chi connectivity index (χ0n) is 8.19. The fraction of sp³-hybridized carbons (Fsp3) is 0.444. The average Bonchev–Trinajstić information content (AvgIpc) is 2.14. The molecule has 1 heterocycles. The van der Waals surface area contributed by atoms with Crippen LogP contribution < -0.4 is 5.32 Å². The number of amides is 1. The summed E-state index contributed by atoms with van der Waals surface area (Å²) < 4.78 is 0. The molecule has 2 N–H and O–H groups in total. The van der Waals surface area contributed by atoms with E-state index in [1.165, 1.54) is 18.7 Å². The van der Waals surface area contributed by atoms with Gasteiger partial charge in [-0.3, -0.25) is 4.79 Å². The fourth-order valence-corrected chi connectivity index (χ4v) is 0.815. The van der Waals surface area contributed by atoms with E-state index in [-0.39, 0.29) is 12.5 Å². The second kappa shape index (κ2) is 4.15. The highest BCUT2D eigenvalue weighted by atomic mass is 16.3. The van der Waals surface area contributed by atoms with Gasteiger partial charge in [0.25, 0.3) is 5.91 Å². The Labute approximate surface area is 82.2 Å². The second-order valence-electron chi connectivity index (χ2n) is 3.62. The number of hydrogen-bond donors (Lipinski definition) is 2. The smallest absolute Gasteiger partial charge is 0.254 e. The summed E-state index contributed by atoms with van der Waals surface area (Å²) in [6.45, 7) is 3.43. The Morgan fingerprint density at radius 1 is 1.50 bits per heavy atom. The van der Waals surface area contributed by atoms with E-state index in [1.807, 2.05) is 0 Å². The van der Waals surface area contributed by atoms with Crippen LogP contribution in [0.3, 0.4) is 0 Å². The number of nitrogens with one attached hydrogen (secondary N) is 1. The molecule has 1 amide bonds. The minimum absolute atomic E-state index is 0.195. The van der Waals surface area contributed by atoms with Gasteiger partial charge in [-0.15, -0.1) is 0 Å². The van der Waals surface area contributed by atoms with Crippen molar-refractivity contribution in [3.63, 3.8) is 0 Å². The van der Waals surface area contributed by atoms with Crippen LogP contribution in [0.25, 0.3) is 0 Å². The van der Waals surface area contributed by atoms with Gasteiger partial charge in [0, 0.05) is 18.9 Å². The van der Waals surface area contributed by atoms with Crippen LogP contribution in [0.4, 0.5) is 0 Å². The molecule has 0 spiro atoms. The molecule has 1 aromatic rings. The van der Waals surface area contributed by atoms with Crippen LogP contribution in [0.1, 0.15) is 24.2 Å². The summed E-state index contributed by atoms with van der Waals surface area (Å²) in [6, 6.07) is 0. The Morgan fingerprint density at radius 3 is 2.57 bits per heavy atom. The summed E-state index contributed by atoms with van der Waals surface area (Å²) in [7, 11) is 0. The highest BCUT2D eigenvalue weighted by Gasteiger charge is 2.14. The molecule has 14 heavy (non-hydrogen) atoms. The monoisotopic (exact) mass is 195 g/mol. The van der Waals surface area contributed by atoms with E-state index >= 15 is 0 Å². The Kier molecular flexibility index (Phi) is 3.14. The minimum Gasteiger partial charge on any atom is -0.389 e. The first kappa shape index (κ1) is 10.6. The molecular weight excluding hydrogens is 182 g/mol. The van der Waals surface area contributed by atoms with E-state index in [0.717, 1.165) is 0 Å². The third-order valence-electron chi connectivity index (χ3n) is 1.50. The van der Waals surface area contributed by atoms with Crippen molar-refractivity contribution in [1.82, 2.24) is 15.3 Å². The van der Waals surface area contributed by atoms with Crippen molar-refractivity contribution in [2.45, 2.75) is 19.4 Å². The van der Waals surface area contributed by atoms with Gasteiger partial charge in [0.1, 0.15) is 6.33 Å². The zero-order chi connectivity index (χ0) is 10.6. The molecule has 0 bridgehead atoms. The lowest BCUT2D eigenvalue weighted by Gasteiger charge is -2.17. The van der Waals surface area contributed by atoms with Gasteiger partial charge in [0.15, 0.2) is 0 Å². The minimum atomic E-state index is -0.911. The van der Waals surface area contributed by atoms with Gasteiger partial charge >= 0.3 is 0 Å². The summed E-state index contributed by atoms with van der Waals surface area (Å²) in [5.41, 5.74) is -0.526. The molecule has 0 aliphatic rings. The Bertz CT molecular complexity index is 306. The predicted octanol–water partition coefficient (Wildman–Crippen LogP) is -0.0227. The molecule has 5 heteroatoms. The maximum Gasteiger partial charge on any atom is 0.254 e. The van der Waals surface area contributed by atoms with E-state index in [9.17, 15) is 9.90 Å². The first-order chi connectivity index (χ1) is 6.49. The third kappa shape index (κ3) is 3.49. The summed E-state index contributed by atoms with van der Waals surface area (Å²) >= 11 is 0. The summed E-state index contributed by atoms with van der Waals surface area (Å²) in [6.07, 6.45) is 4.20. The van der Waals surface area contributed by atoms with Gasteiger partial charge in [-0.1, -0.05) is 0 Å². The standard InChI is InChI=1S/C9H13N3O2/c1-9(2,14)5-12-8(13)7-3-10-6-11-4-7/h3-4,6,14H,5H2,1-2H3,(H,12,13). The van der Waals surface area contributed by atoms with E-state index in [1.54, 1.807) is 13.8 Å². The number of carbonyl (C=O) groups is 1. The highest BCUT2D eigenvalue weighted by Crippen LogP contribution is 1.99. The number of rotatable bonds is 3. The molecular formula is C9H13N3O2. The molecule has 0 fully saturated rings. The quantitative estimate of drug-likeness (QED) is 0.710. The zero-order valence-corrected chi connectivity index (χ0v) is 8.19. The van der Waals surface area contributed by atoms with Gasteiger partial charge in [-0.25, -0.2) is 9.97 Å². The largest absolute Gasteiger partial charge is 0.389 e. The lowest BCUT2D eigenvalue weighted by atomic mass is 10.1. The molecule has 0 unspecified atom stereocenters. The maximum absolute atomic E-state index is 11.4. The summed E-state index contributed by atoms with van der Waals surface area (Å²) in [4.78, 5) is 18.8. The summed E-state index contributed by atoms with van der Waals surface area (Å²) in [5.74, 6) is -0.285. The predicted molar refractivity (Wildman–Crippen MR) is 50.7 cm³/mol. The number of carbonyl (C=O) groups excluding carboxylic acids is 1. The van der Waals surface area contributed by atoms with E-state index in [2.05, 4.69) is 15.3 Å². The van der Waals surface area contributed by atoms with Crippen molar-refractivity contribution >= 4 is 5.91 Å². The van der Waals surface area contributed by atoms with E-state index < -0.39 is 5.60 Å². The van der Waals surface area contributed by atoms with E-state index in [0.29, 0.717) is 5.56 Å². The van der Waals surface area contributed by atoms with Crippen LogP contribution in [0.2, 0.25) is 0 Å². The second-order valence-corrected chi connectivity index (χ2v) is 3.62. The molecule has 1 aromatic heterocycles. The number of aliphatic hydroxyl groups is 1. The van der Waals surface area contributed by atoms with Gasteiger partial charge in [0.2, 0.25) is 0 Å². The summed E-state index contributed by atoms with van der Waals surface area (Å²) in [5, 5.41) is 11.9. The molecule has 0 aliphatic heterocycles. The Hall–Kier alpha value is -1.49. The molecule has 76 valence electrons. The van der Waals surface area contributed by atoms with Crippen molar-refractivity contribution in [2.24, 2.45) is 0 Å². The number of hydrogen-bond acceptors (Lipinski definition) is 4. The van der Waals surface area contributed by atoms with Gasteiger partial charge in [0.05, 0.1) is 11.2 Å². The lowest BCUT2D eigenvalue weighted by Crippen LogP contribution is -2.38. The third-order valence-corrected chi connectivity index (χ3v) is 1.50. The van der Waals surface area contributed by atoms with Crippen LogP contribution >= 0.6 is 0 Å². The maximum atomic E-state index is 11.4. The Balaban J connectivity index is 2.52. The van der Waals surface area contributed by atoms with Gasteiger partial charge in [-0.05, 0) is 13.8 Å². The van der Waals surface area contributed by atoms with Crippen LogP contribution in [-0.2, 0) is 0 Å². The number of aromatic nitrogens is 2. The lowest BCUT2D eigenvalue weighted by molar-refractivity contribution is 0.0694. The van der Waals surface area contributed by atoms with Gasteiger partial charge < -0.3 is 10.4 Å². The molecule has 0 saturated carbocycles. The van der Waals surface area contributed by atoms with Crippen LogP contribution in [0.5, 0.6) is 0 Å². The van der Waals surface area contributed by atoms with Crippen molar-refractivity contribution < 1.29 is 9.90 Å². The van der Waals surface area contributed by atoms with Crippen molar-refractivity contribution in [1.29, 1.82) is 0 Å². The SMILES string of the molecule is CC(C)(O)CNC(=O)c1cncnc1. The first-order valence-corrected chi connectivity index (χ1v) is 4.24.